The van der Waals surface area contributed by atoms with Crippen molar-refractivity contribution in [2.75, 3.05) is 0 Å². The molecular weight excluding hydrogens is 480 g/mol. The Hall–Kier alpha value is -0.843. The molecule has 0 unspecified atom stereocenters. The maximum absolute atomic E-state index is 12.7. The first kappa shape index (κ1) is 26.8. The fourth-order valence-corrected chi connectivity index (χ4v) is 7.65. The molecule has 0 radical (unpaired) electrons. The van der Waals surface area contributed by atoms with Gasteiger partial charge in [0.05, 0.1) is 0 Å². The molecule has 8 nitrogen and oxygen atoms in total. The van der Waals surface area contributed by atoms with Crippen LogP contribution in [0.3, 0.4) is 0 Å². The second kappa shape index (κ2) is 9.41. The van der Waals surface area contributed by atoms with Crippen LogP contribution in [0.25, 0.3) is 0 Å². The van der Waals surface area contributed by atoms with E-state index in [1.807, 2.05) is 0 Å². The smallest absolute Gasteiger partial charge is 0.374 e. The Morgan fingerprint density at radius 3 is 1.56 bits per heavy atom. The molecule has 0 aromatic rings. The van der Waals surface area contributed by atoms with Crippen molar-refractivity contribution in [2.24, 2.45) is 0 Å². The van der Waals surface area contributed by atoms with Gasteiger partial charge in [0.1, 0.15) is 30.5 Å². The first-order chi connectivity index (χ1) is 16.9. The van der Waals surface area contributed by atoms with Crippen LogP contribution >= 0.6 is 0 Å². The lowest BCUT2D eigenvalue weighted by molar-refractivity contribution is -0.225. The summed E-state index contributed by atoms with van der Waals surface area (Å²) >= 11 is 0. The Labute approximate surface area is 216 Å². The lowest BCUT2D eigenvalue weighted by Gasteiger charge is -2.47. The molecule has 0 aromatic carbocycles. The second-order valence-corrected chi connectivity index (χ2v) is 17.8. The van der Waals surface area contributed by atoms with Gasteiger partial charge in [-0.05, 0) is 43.8 Å². The van der Waals surface area contributed by atoms with Gasteiger partial charge in [-0.1, -0.05) is 33.6 Å². The first-order valence-electron chi connectivity index (χ1n) is 14.0. The average Bonchev–Trinajstić information content (AvgIpc) is 3.35. The van der Waals surface area contributed by atoms with Crippen molar-refractivity contribution >= 4 is 20.1 Å². The van der Waals surface area contributed by atoms with Gasteiger partial charge in [-0.25, -0.2) is 4.79 Å². The molecule has 2 saturated heterocycles. The summed E-state index contributed by atoms with van der Waals surface area (Å²) in [6.07, 6.45) is 6.42. The molecule has 6 atom stereocenters. The van der Waals surface area contributed by atoms with E-state index in [1.54, 1.807) is 0 Å². The van der Waals surface area contributed by atoms with Crippen molar-refractivity contribution in [1.29, 1.82) is 0 Å². The van der Waals surface area contributed by atoms with Crippen LogP contribution in [0.15, 0.2) is 0 Å². The summed E-state index contributed by atoms with van der Waals surface area (Å²) in [4.78, 5) is 24.7. The Bertz CT molecular complexity index is 854. The summed E-state index contributed by atoms with van der Waals surface area (Å²) in [6, 6.07) is 0. The topological polar surface area (TPSA) is 89.5 Å². The molecule has 36 heavy (non-hydrogen) atoms. The fraction of sp³-hybridized carbons (Fsp3) is 0.926. The zero-order chi connectivity index (χ0) is 25.9. The van der Waals surface area contributed by atoms with Gasteiger partial charge in [0.15, 0.2) is 26.0 Å². The van der Waals surface area contributed by atoms with Gasteiger partial charge in [-0.3, -0.25) is 4.79 Å². The molecule has 2 spiro atoms. The van der Waals surface area contributed by atoms with E-state index >= 15 is 0 Å². The summed E-state index contributed by atoms with van der Waals surface area (Å²) in [5, 5.41) is -0.0753. The number of hydrogen-bond donors (Lipinski definition) is 0. The van der Waals surface area contributed by atoms with Gasteiger partial charge in [0.25, 0.3) is 0 Å². The Balaban J connectivity index is 1.54. The van der Waals surface area contributed by atoms with Crippen LogP contribution < -0.4 is 0 Å². The predicted octanol–water partition coefficient (Wildman–Crippen LogP) is 4.78. The molecule has 0 aromatic heterocycles. The number of carbonyl (C=O) groups is 2. The lowest BCUT2D eigenvalue weighted by atomic mass is 9.85. The van der Waals surface area contributed by atoms with Crippen molar-refractivity contribution in [2.45, 2.75) is 158 Å². The number of hydrogen-bond acceptors (Lipinski definition) is 8. The standard InChI is InChI=1S/C27H44O8Si/c1-17(28)24(29)30-18-19-20(32-26(31-19)13-9-7-10-14-26)21-22(23(18)35-36(5,6)25(2,3)4)34-27(33-21)15-11-8-12-16-27/h18-23H,7-16H2,1-6H3/t18-,19-,20-,21+,22+,23+/m0/s1. The number of ketones is 1. The number of Topliss-reactive ketones (excluding diaryl/α,β-unsaturated/α-hetero) is 1. The number of ether oxygens (including phenoxy) is 5. The minimum Gasteiger partial charge on any atom is -0.451 e. The Morgan fingerprint density at radius 2 is 1.14 bits per heavy atom. The molecule has 5 rings (SSSR count). The van der Waals surface area contributed by atoms with Crippen molar-refractivity contribution in [3.05, 3.63) is 0 Å². The maximum atomic E-state index is 12.7. The number of fused-ring (bicyclic) bond motifs is 3. The zero-order valence-corrected chi connectivity index (χ0v) is 23.8. The van der Waals surface area contributed by atoms with Crippen LogP contribution in [0.5, 0.6) is 0 Å². The second-order valence-electron chi connectivity index (χ2n) is 13.0. The van der Waals surface area contributed by atoms with Crippen LogP contribution in [0.4, 0.5) is 0 Å². The Morgan fingerprint density at radius 1 is 0.722 bits per heavy atom. The van der Waals surface area contributed by atoms with Gasteiger partial charge in [0, 0.05) is 32.6 Å². The van der Waals surface area contributed by atoms with E-state index in [1.165, 1.54) is 13.3 Å². The average molecular weight is 525 g/mol. The number of carbonyl (C=O) groups excluding carboxylic acids is 2. The molecule has 204 valence electrons. The molecule has 5 aliphatic rings. The monoisotopic (exact) mass is 524 g/mol. The third-order valence-electron chi connectivity index (χ3n) is 9.34. The summed E-state index contributed by atoms with van der Waals surface area (Å²) in [6.45, 7) is 12.1. The summed E-state index contributed by atoms with van der Waals surface area (Å²) in [7, 11) is -2.33. The van der Waals surface area contributed by atoms with Crippen molar-refractivity contribution in [1.82, 2.24) is 0 Å². The highest BCUT2D eigenvalue weighted by Gasteiger charge is 2.68. The fourth-order valence-electron chi connectivity index (χ4n) is 6.35. The largest absolute Gasteiger partial charge is 0.451 e. The number of rotatable bonds is 4. The van der Waals surface area contributed by atoms with E-state index in [0.29, 0.717) is 0 Å². The summed E-state index contributed by atoms with van der Waals surface area (Å²) in [5.74, 6) is -2.89. The molecular formula is C27H44O8Si. The van der Waals surface area contributed by atoms with Gasteiger partial charge in [-0.2, -0.15) is 0 Å². The minimum atomic E-state index is -2.33. The Kier molecular flexibility index (Phi) is 7.00. The SMILES string of the molecule is CC(=O)C(=O)O[C@H]1[C@@H]2OC3(CCCCC3)O[C@@H]2[C@H]2OC3(CCCCC3)O[C@H]2[C@@H]1O[Si](C)(C)C(C)(C)C. The molecule has 3 saturated carbocycles. The van der Waals surface area contributed by atoms with Crippen molar-refractivity contribution in [3.8, 4) is 0 Å². The van der Waals surface area contributed by atoms with E-state index in [-0.39, 0.29) is 11.1 Å². The molecule has 0 amide bonds. The predicted molar refractivity (Wildman–Crippen MR) is 134 cm³/mol. The zero-order valence-electron chi connectivity index (χ0n) is 22.8. The highest BCUT2D eigenvalue weighted by atomic mass is 28.4. The van der Waals surface area contributed by atoms with Gasteiger partial charge in [-0.15, -0.1) is 0 Å². The van der Waals surface area contributed by atoms with E-state index in [9.17, 15) is 9.59 Å². The normalized spacial score (nSPS) is 37.5. The van der Waals surface area contributed by atoms with Crippen LogP contribution in [0, 0.1) is 0 Å². The van der Waals surface area contributed by atoms with Gasteiger partial charge < -0.3 is 28.1 Å². The third-order valence-corrected chi connectivity index (χ3v) is 13.8. The quantitative estimate of drug-likeness (QED) is 0.295. The highest BCUT2D eigenvalue weighted by Crippen LogP contribution is 2.53. The van der Waals surface area contributed by atoms with E-state index < -0.39 is 62.2 Å². The lowest BCUT2D eigenvalue weighted by Crippen LogP contribution is -2.66. The maximum Gasteiger partial charge on any atom is 0.374 e. The highest BCUT2D eigenvalue weighted by molar-refractivity contribution is 6.74. The number of esters is 1. The van der Waals surface area contributed by atoms with E-state index in [2.05, 4.69) is 33.9 Å². The third kappa shape index (κ3) is 4.73. The molecule has 2 aliphatic heterocycles. The molecule has 9 heteroatoms. The first-order valence-corrected chi connectivity index (χ1v) is 16.9. The van der Waals surface area contributed by atoms with Gasteiger partial charge >= 0.3 is 5.97 Å². The molecule has 0 N–H and O–H groups in total. The van der Waals surface area contributed by atoms with Crippen LogP contribution in [0.2, 0.25) is 18.1 Å². The van der Waals surface area contributed by atoms with Crippen LogP contribution in [0.1, 0.15) is 91.9 Å². The summed E-state index contributed by atoms with van der Waals surface area (Å²) in [5.41, 5.74) is 0. The molecule has 5 fully saturated rings. The van der Waals surface area contributed by atoms with Crippen molar-refractivity contribution in [3.63, 3.8) is 0 Å². The molecule has 2 heterocycles. The summed E-state index contributed by atoms with van der Waals surface area (Å²) < 4.78 is 39.9. The van der Waals surface area contributed by atoms with Crippen LogP contribution in [-0.4, -0.2) is 68.3 Å². The molecule has 3 aliphatic carbocycles. The van der Waals surface area contributed by atoms with Crippen molar-refractivity contribution < 1.29 is 37.7 Å². The van der Waals surface area contributed by atoms with E-state index in [4.69, 9.17) is 28.1 Å². The minimum absolute atomic E-state index is 0.0753. The van der Waals surface area contributed by atoms with Crippen LogP contribution in [-0.2, 0) is 37.7 Å². The van der Waals surface area contributed by atoms with Gasteiger partial charge in [0.2, 0.25) is 5.78 Å². The van der Waals surface area contributed by atoms with E-state index in [0.717, 1.165) is 57.8 Å². The molecule has 0 bridgehead atoms.